The third-order valence-electron chi connectivity index (χ3n) is 4.38. The molecule has 0 saturated heterocycles. The first-order valence-electron chi connectivity index (χ1n) is 7.95. The molecule has 0 radical (unpaired) electrons. The Bertz CT molecular complexity index is 899. The van der Waals surface area contributed by atoms with Gasteiger partial charge in [-0.3, -0.25) is 4.79 Å². The SMILES string of the molecule is O=C1C[C@@H](c2ccc(O)c(O)c2)Oc2cc3c(c(O)c21)C=CCCO3. The molecule has 2 aromatic carbocycles. The van der Waals surface area contributed by atoms with Gasteiger partial charge in [0.2, 0.25) is 0 Å². The zero-order chi connectivity index (χ0) is 17.6. The third kappa shape index (κ3) is 2.55. The molecule has 0 aliphatic carbocycles. The van der Waals surface area contributed by atoms with Gasteiger partial charge in [-0.1, -0.05) is 18.2 Å². The summed E-state index contributed by atoms with van der Waals surface area (Å²) >= 11 is 0. The molecule has 0 unspecified atom stereocenters. The minimum absolute atomic E-state index is 0.0220. The number of aromatic hydroxyl groups is 3. The number of carbonyl (C=O) groups is 1. The molecule has 2 aliphatic rings. The van der Waals surface area contributed by atoms with E-state index in [1.807, 2.05) is 6.08 Å². The molecule has 2 aliphatic heterocycles. The number of fused-ring (bicyclic) bond motifs is 2. The van der Waals surface area contributed by atoms with Gasteiger partial charge in [-0.2, -0.15) is 0 Å². The minimum atomic E-state index is -0.620. The van der Waals surface area contributed by atoms with Crippen LogP contribution in [0, 0.1) is 0 Å². The van der Waals surface area contributed by atoms with Crippen molar-refractivity contribution in [2.75, 3.05) is 6.61 Å². The fraction of sp³-hybridized carbons (Fsp3) is 0.211. The second-order valence-electron chi connectivity index (χ2n) is 6.03. The zero-order valence-electron chi connectivity index (χ0n) is 13.2. The number of ether oxygens (including phenoxy) is 2. The quantitative estimate of drug-likeness (QED) is 0.689. The molecule has 128 valence electrons. The van der Waals surface area contributed by atoms with Crippen molar-refractivity contribution in [3.8, 4) is 28.7 Å². The van der Waals surface area contributed by atoms with Crippen LogP contribution in [0.15, 0.2) is 30.3 Å². The number of hydrogen-bond donors (Lipinski definition) is 3. The largest absolute Gasteiger partial charge is 0.506 e. The highest BCUT2D eigenvalue weighted by Crippen LogP contribution is 2.46. The maximum Gasteiger partial charge on any atom is 0.174 e. The molecule has 2 heterocycles. The van der Waals surface area contributed by atoms with Crippen LogP contribution in [-0.2, 0) is 0 Å². The standard InChI is InChI=1S/C19H16O6/c20-12-5-4-10(7-13(12)21)15-8-14(22)18-17(25-15)9-16-11(19(18)23)3-1-2-6-24-16/h1,3-5,7,9,15,20-21,23H,2,6,8H2/t15-/m0/s1. The first-order chi connectivity index (χ1) is 12.0. The number of benzene rings is 2. The van der Waals surface area contributed by atoms with Crippen LogP contribution >= 0.6 is 0 Å². The number of hydrogen-bond acceptors (Lipinski definition) is 6. The molecule has 0 fully saturated rings. The normalized spacial score (nSPS) is 18.6. The van der Waals surface area contributed by atoms with Crippen LogP contribution in [0.5, 0.6) is 28.7 Å². The Hall–Kier alpha value is -3.15. The van der Waals surface area contributed by atoms with Crippen molar-refractivity contribution in [2.24, 2.45) is 0 Å². The average Bonchev–Trinajstić information content (AvgIpc) is 2.82. The fourth-order valence-corrected chi connectivity index (χ4v) is 3.11. The fourth-order valence-electron chi connectivity index (χ4n) is 3.11. The monoisotopic (exact) mass is 340 g/mol. The van der Waals surface area contributed by atoms with E-state index in [9.17, 15) is 20.1 Å². The molecule has 0 spiro atoms. The van der Waals surface area contributed by atoms with E-state index in [2.05, 4.69) is 0 Å². The minimum Gasteiger partial charge on any atom is -0.506 e. The molecule has 3 N–H and O–H groups in total. The second kappa shape index (κ2) is 5.73. The number of Topliss-reactive ketones (excluding diaryl/α,β-unsaturated/α-hetero) is 1. The molecule has 0 bridgehead atoms. The highest BCUT2D eigenvalue weighted by atomic mass is 16.5. The first kappa shape index (κ1) is 15.4. The first-order valence-corrected chi connectivity index (χ1v) is 7.95. The molecule has 0 amide bonds. The Balaban J connectivity index is 1.77. The lowest BCUT2D eigenvalue weighted by molar-refractivity contribution is 0.0844. The van der Waals surface area contributed by atoms with Gasteiger partial charge in [-0.25, -0.2) is 0 Å². The Labute approximate surface area is 143 Å². The molecule has 6 nitrogen and oxygen atoms in total. The molecule has 6 heteroatoms. The maximum absolute atomic E-state index is 12.6. The van der Waals surface area contributed by atoms with Crippen molar-refractivity contribution in [3.63, 3.8) is 0 Å². The molecule has 0 saturated carbocycles. The van der Waals surface area contributed by atoms with Gasteiger partial charge in [-0.05, 0) is 24.1 Å². The van der Waals surface area contributed by atoms with Crippen LogP contribution in [0.2, 0.25) is 0 Å². The topological polar surface area (TPSA) is 96.2 Å². The maximum atomic E-state index is 12.6. The van der Waals surface area contributed by atoms with Gasteiger partial charge in [0.25, 0.3) is 0 Å². The van der Waals surface area contributed by atoms with E-state index in [-0.39, 0.29) is 40.8 Å². The summed E-state index contributed by atoms with van der Waals surface area (Å²) in [5.41, 5.74) is 1.19. The zero-order valence-corrected chi connectivity index (χ0v) is 13.2. The number of rotatable bonds is 1. The summed E-state index contributed by atoms with van der Waals surface area (Å²) < 4.78 is 11.5. The Morgan fingerprint density at radius 1 is 1.04 bits per heavy atom. The van der Waals surface area contributed by atoms with Crippen LogP contribution in [0.25, 0.3) is 6.08 Å². The Morgan fingerprint density at radius 2 is 1.88 bits per heavy atom. The van der Waals surface area contributed by atoms with E-state index in [0.29, 0.717) is 29.9 Å². The van der Waals surface area contributed by atoms with Crippen molar-refractivity contribution in [3.05, 3.63) is 47.0 Å². The van der Waals surface area contributed by atoms with Gasteiger partial charge in [0, 0.05) is 6.07 Å². The number of phenols is 3. The van der Waals surface area contributed by atoms with E-state index in [1.165, 1.54) is 12.1 Å². The van der Waals surface area contributed by atoms with Gasteiger partial charge >= 0.3 is 0 Å². The van der Waals surface area contributed by atoms with Gasteiger partial charge in [0.1, 0.15) is 28.9 Å². The number of carbonyl (C=O) groups excluding carboxylic acids is 1. The van der Waals surface area contributed by atoms with Crippen LogP contribution in [0.4, 0.5) is 0 Å². The lowest BCUT2D eigenvalue weighted by atomic mass is 9.93. The molecule has 25 heavy (non-hydrogen) atoms. The van der Waals surface area contributed by atoms with E-state index >= 15 is 0 Å². The molecule has 0 aromatic heterocycles. The molecule has 4 rings (SSSR count). The summed E-state index contributed by atoms with van der Waals surface area (Å²) in [6, 6.07) is 5.90. The van der Waals surface area contributed by atoms with Crippen molar-refractivity contribution in [2.45, 2.75) is 18.9 Å². The van der Waals surface area contributed by atoms with Crippen molar-refractivity contribution in [1.82, 2.24) is 0 Å². The molecule has 1 atom stereocenters. The Kier molecular flexibility index (Phi) is 3.53. The van der Waals surface area contributed by atoms with Crippen LogP contribution in [0.1, 0.15) is 40.4 Å². The van der Waals surface area contributed by atoms with Gasteiger partial charge in [0.15, 0.2) is 17.3 Å². The predicted octanol–water partition coefficient (Wildman–Crippen LogP) is 3.31. The van der Waals surface area contributed by atoms with Crippen molar-refractivity contribution >= 4 is 11.9 Å². The van der Waals surface area contributed by atoms with Crippen molar-refractivity contribution < 1.29 is 29.6 Å². The second-order valence-corrected chi connectivity index (χ2v) is 6.03. The summed E-state index contributed by atoms with van der Waals surface area (Å²) in [7, 11) is 0. The highest BCUT2D eigenvalue weighted by molar-refractivity contribution is 6.04. The lowest BCUT2D eigenvalue weighted by Gasteiger charge is -2.27. The predicted molar refractivity (Wildman–Crippen MR) is 89.3 cm³/mol. The summed E-state index contributed by atoms with van der Waals surface area (Å²) in [6.07, 6.45) is 3.74. The summed E-state index contributed by atoms with van der Waals surface area (Å²) in [5.74, 6) is -0.196. The van der Waals surface area contributed by atoms with E-state index in [1.54, 1.807) is 18.2 Å². The lowest BCUT2D eigenvalue weighted by Crippen LogP contribution is -2.21. The third-order valence-corrected chi connectivity index (χ3v) is 4.38. The van der Waals surface area contributed by atoms with E-state index in [4.69, 9.17) is 9.47 Å². The van der Waals surface area contributed by atoms with E-state index < -0.39 is 6.10 Å². The van der Waals surface area contributed by atoms with Crippen LogP contribution in [0.3, 0.4) is 0 Å². The molecular weight excluding hydrogens is 324 g/mol. The van der Waals surface area contributed by atoms with Gasteiger partial charge < -0.3 is 24.8 Å². The smallest absolute Gasteiger partial charge is 0.174 e. The highest BCUT2D eigenvalue weighted by Gasteiger charge is 2.33. The number of ketones is 1. The van der Waals surface area contributed by atoms with Crippen LogP contribution < -0.4 is 9.47 Å². The van der Waals surface area contributed by atoms with Crippen molar-refractivity contribution in [1.29, 1.82) is 0 Å². The summed E-state index contributed by atoms with van der Waals surface area (Å²) in [6.45, 7) is 0.477. The number of phenolic OH excluding ortho intramolecular Hbond substituents is 3. The summed E-state index contributed by atoms with van der Waals surface area (Å²) in [4.78, 5) is 12.6. The molecule has 2 aromatic rings. The van der Waals surface area contributed by atoms with E-state index in [0.717, 1.165) is 0 Å². The average molecular weight is 340 g/mol. The van der Waals surface area contributed by atoms with Gasteiger partial charge in [-0.15, -0.1) is 0 Å². The van der Waals surface area contributed by atoms with Crippen LogP contribution in [-0.4, -0.2) is 27.7 Å². The molecular formula is C19H16O6. The van der Waals surface area contributed by atoms with Gasteiger partial charge in [0.05, 0.1) is 18.6 Å². The Morgan fingerprint density at radius 3 is 2.68 bits per heavy atom. The summed E-state index contributed by atoms with van der Waals surface area (Å²) in [5, 5.41) is 29.6.